The number of rotatable bonds is 4. The third-order valence-corrected chi connectivity index (χ3v) is 17.5. The van der Waals surface area contributed by atoms with Crippen LogP contribution in [0.2, 0.25) is 0 Å². The molecule has 0 bridgehead atoms. The molecule has 0 aliphatic carbocycles. The Labute approximate surface area is 145 Å². The van der Waals surface area contributed by atoms with E-state index in [1.54, 1.807) is 4.47 Å². The van der Waals surface area contributed by atoms with Crippen molar-refractivity contribution in [2.45, 2.75) is 13.3 Å². The van der Waals surface area contributed by atoms with Crippen LogP contribution in [0, 0.1) is 0 Å². The van der Waals surface area contributed by atoms with E-state index in [0.717, 1.165) is 18.8 Å². The topological polar surface area (TPSA) is 9.23 Å². The first-order chi connectivity index (χ1) is 9.86. The summed E-state index contributed by atoms with van der Waals surface area (Å²) in [4.78, 5) is 7.31. The molecule has 2 aliphatic rings. The molecule has 3 rings (SSSR count). The molecule has 1 nitrogen and oxygen atoms in total. The summed E-state index contributed by atoms with van der Waals surface area (Å²) in [6, 6.07) is 8.69. The van der Waals surface area contributed by atoms with Crippen LogP contribution in [0.4, 0.5) is 0 Å². The first-order valence-electron chi connectivity index (χ1n) is 6.37. The number of hydrogen-bond donors (Lipinski definition) is 0. The van der Waals surface area contributed by atoms with Crippen molar-refractivity contribution >= 4 is 64.3 Å². The summed E-state index contributed by atoms with van der Waals surface area (Å²) in [5, 5.41) is 0. The second-order valence-corrected chi connectivity index (χ2v) is 14.7. The molecule has 0 radical (unpaired) electrons. The molecule has 0 amide bonds. The molecule has 5 heteroatoms. The Morgan fingerprint density at radius 3 is 2.40 bits per heavy atom. The van der Waals surface area contributed by atoms with Gasteiger partial charge in [-0.05, 0) is 0 Å². The maximum absolute atomic E-state index is 5.65. The summed E-state index contributed by atoms with van der Waals surface area (Å²) in [7, 11) is 0. The summed E-state index contributed by atoms with van der Waals surface area (Å²) < 4.78 is 10.9. The van der Waals surface area contributed by atoms with Crippen molar-refractivity contribution in [1.29, 1.82) is 0 Å². The normalized spacial score (nSPS) is 17.8. The number of hydrogen-bond acceptors (Lipinski definition) is 1. The average Bonchev–Trinajstić information content (AvgIpc) is 3.16. The Kier molecular flexibility index (Phi) is 5.74. The molecule has 0 saturated carbocycles. The van der Waals surface area contributed by atoms with Gasteiger partial charge in [0.25, 0.3) is 0 Å². The van der Waals surface area contributed by atoms with Crippen molar-refractivity contribution in [3.05, 3.63) is 51.5 Å². The van der Waals surface area contributed by atoms with E-state index in [1.807, 2.05) is 6.74 Å². The zero-order valence-corrected chi connectivity index (χ0v) is 17.8. The average molecular weight is 526 g/mol. The Hall–Kier alpha value is 0.318. The van der Waals surface area contributed by atoms with Gasteiger partial charge in [-0.15, -0.1) is 0 Å². The molecule has 20 heavy (non-hydrogen) atoms. The van der Waals surface area contributed by atoms with Gasteiger partial charge in [0.05, 0.1) is 0 Å². The molecule has 0 unspecified atom stereocenters. The second kappa shape index (κ2) is 7.54. The van der Waals surface area contributed by atoms with Crippen LogP contribution < -0.4 is 4.74 Å². The fraction of sp³-hybridized carbons (Fsp3) is 0.200. The van der Waals surface area contributed by atoms with Crippen molar-refractivity contribution in [1.82, 2.24) is 0 Å². The fourth-order valence-electron chi connectivity index (χ4n) is 1.71. The standard InChI is InChI=1S/C15H14OSe4/c1-2-7-16-12-5-3-11(4-6-12)13-10-19-15(20-13)14-17-8-9-18-14/h3-6,8-10H,2,7H2,1H3. The molecule has 1 aromatic carbocycles. The molecule has 104 valence electrons. The summed E-state index contributed by atoms with van der Waals surface area (Å²) in [5.41, 5.74) is 1.40. The van der Waals surface area contributed by atoms with Gasteiger partial charge in [0.2, 0.25) is 0 Å². The summed E-state index contributed by atoms with van der Waals surface area (Å²) in [6.07, 6.45) is 1.06. The number of benzene rings is 1. The third-order valence-electron chi connectivity index (χ3n) is 2.66. The first-order valence-corrected chi connectivity index (χ1v) is 13.6. The molecule has 0 fully saturated rings. The van der Waals surface area contributed by atoms with Gasteiger partial charge in [0.1, 0.15) is 0 Å². The molecule has 1 aromatic rings. The van der Waals surface area contributed by atoms with Crippen LogP contribution in [0.5, 0.6) is 5.75 Å². The molecular formula is C15H14OSe4. The van der Waals surface area contributed by atoms with Crippen LogP contribution in [-0.4, -0.2) is 66.4 Å². The van der Waals surface area contributed by atoms with Gasteiger partial charge in [-0.25, -0.2) is 0 Å². The molecule has 0 saturated heterocycles. The van der Waals surface area contributed by atoms with E-state index in [2.05, 4.69) is 46.1 Å². The van der Waals surface area contributed by atoms with Crippen LogP contribution in [0.25, 0.3) is 4.47 Å². The van der Waals surface area contributed by atoms with E-state index in [-0.39, 0.29) is 0 Å². The number of ether oxygens (including phenoxy) is 1. The van der Waals surface area contributed by atoms with Gasteiger partial charge in [0.15, 0.2) is 0 Å². The van der Waals surface area contributed by atoms with Crippen molar-refractivity contribution < 1.29 is 4.74 Å². The van der Waals surface area contributed by atoms with E-state index < -0.39 is 0 Å². The molecule has 2 aliphatic heterocycles. The van der Waals surface area contributed by atoms with E-state index >= 15 is 0 Å². The Balaban J connectivity index is 1.67. The van der Waals surface area contributed by atoms with Crippen LogP contribution >= 0.6 is 0 Å². The minimum atomic E-state index is 0.580. The molecule has 0 N–H and O–H groups in total. The SMILES string of the molecule is CCCOc1ccc(C2=C[Se]C(=C3[Se]C=C[Se]3)[Se]2)cc1. The van der Waals surface area contributed by atoms with Gasteiger partial charge in [0, 0.05) is 0 Å². The maximum atomic E-state index is 5.65. The monoisotopic (exact) mass is 530 g/mol. The molecule has 0 spiro atoms. The molecule has 0 aromatic heterocycles. The first kappa shape index (κ1) is 15.2. The van der Waals surface area contributed by atoms with Crippen LogP contribution in [-0.2, 0) is 0 Å². The van der Waals surface area contributed by atoms with E-state index in [0.29, 0.717) is 59.8 Å². The van der Waals surface area contributed by atoms with Gasteiger partial charge >= 0.3 is 146 Å². The molecule has 0 atom stereocenters. The van der Waals surface area contributed by atoms with Gasteiger partial charge in [-0.2, -0.15) is 0 Å². The fourth-order valence-corrected chi connectivity index (χ4v) is 15.4. The third kappa shape index (κ3) is 3.74. The van der Waals surface area contributed by atoms with Crippen LogP contribution in [0.1, 0.15) is 18.9 Å². The van der Waals surface area contributed by atoms with E-state index in [4.69, 9.17) is 4.74 Å². The van der Waals surface area contributed by atoms with E-state index in [1.165, 1.54) is 5.56 Å². The Bertz CT molecular complexity index is 562. The summed E-state index contributed by atoms with van der Waals surface area (Å²) in [6.45, 7) is 2.95. The van der Waals surface area contributed by atoms with Gasteiger partial charge in [-0.1, -0.05) is 0 Å². The molecular weight excluding hydrogens is 512 g/mol. The predicted molar refractivity (Wildman–Crippen MR) is 89.4 cm³/mol. The van der Waals surface area contributed by atoms with Crippen molar-refractivity contribution in [3.8, 4) is 5.75 Å². The predicted octanol–water partition coefficient (Wildman–Crippen LogP) is 2.22. The van der Waals surface area contributed by atoms with Crippen LogP contribution in [0.3, 0.4) is 0 Å². The summed E-state index contributed by atoms with van der Waals surface area (Å²) >= 11 is 2.56. The van der Waals surface area contributed by atoms with E-state index in [9.17, 15) is 0 Å². The van der Waals surface area contributed by atoms with Gasteiger partial charge < -0.3 is 0 Å². The van der Waals surface area contributed by atoms with Crippen molar-refractivity contribution in [2.24, 2.45) is 0 Å². The summed E-state index contributed by atoms with van der Waals surface area (Å²) in [5.74, 6) is 0.998. The van der Waals surface area contributed by atoms with Crippen molar-refractivity contribution in [2.75, 3.05) is 6.61 Å². The zero-order chi connectivity index (χ0) is 13.8. The Morgan fingerprint density at radius 1 is 0.950 bits per heavy atom. The second-order valence-electron chi connectivity index (χ2n) is 4.16. The Morgan fingerprint density at radius 2 is 1.70 bits per heavy atom. The molecule has 2 heterocycles. The van der Waals surface area contributed by atoms with Gasteiger partial charge in [-0.3, -0.25) is 0 Å². The quantitative estimate of drug-likeness (QED) is 0.548. The van der Waals surface area contributed by atoms with Crippen molar-refractivity contribution in [3.63, 3.8) is 0 Å². The van der Waals surface area contributed by atoms with Crippen LogP contribution in [0.15, 0.2) is 45.9 Å². The zero-order valence-electron chi connectivity index (χ0n) is 11.0. The minimum absolute atomic E-state index is 0.580.